The van der Waals surface area contributed by atoms with E-state index >= 15 is 0 Å². The van der Waals surface area contributed by atoms with Gasteiger partial charge in [0.15, 0.2) is 5.65 Å². The van der Waals surface area contributed by atoms with Crippen LogP contribution in [0.25, 0.3) is 16.7 Å². The molecule has 0 unspecified atom stereocenters. The fraction of sp³-hybridized carbons (Fsp3) is 0.0833. The molecule has 0 radical (unpaired) electrons. The van der Waals surface area contributed by atoms with E-state index in [-0.39, 0.29) is 0 Å². The molecule has 88 valence electrons. The van der Waals surface area contributed by atoms with E-state index in [0.717, 1.165) is 16.8 Å². The molecule has 2 aromatic heterocycles. The number of H-pyrrole nitrogens is 1. The van der Waals surface area contributed by atoms with Crippen LogP contribution in [-0.4, -0.2) is 20.0 Å². The molecule has 0 spiro atoms. The first-order valence-corrected chi connectivity index (χ1v) is 5.40. The lowest BCUT2D eigenvalue weighted by Gasteiger charge is -2.00. The van der Waals surface area contributed by atoms with E-state index in [1.54, 1.807) is 16.8 Å². The van der Waals surface area contributed by atoms with Crippen LogP contribution in [0.1, 0.15) is 11.3 Å². The molecule has 18 heavy (non-hydrogen) atoms. The number of aromatic amines is 1. The number of rotatable bonds is 1. The zero-order valence-electron chi connectivity index (χ0n) is 9.68. The quantitative estimate of drug-likeness (QED) is 0.671. The van der Waals surface area contributed by atoms with Crippen LogP contribution < -0.4 is 5.73 Å². The minimum atomic E-state index is 0.516. The van der Waals surface area contributed by atoms with Gasteiger partial charge in [0, 0.05) is 0 Å². The molecule has 0 aliphatic rings. The van der Waals surface area contributed by atoms with Crippen LogP contribution in [0.3, 0.4) is 0 Å². The smallest absolute Gasteiger partial charge is 0.186 e. The molecule has 3 N–H and O–H groups in total. The van der Waals surface area contributed by atoms with Crippen molar-refractivity contribution in [1.82, 2.24) is 20.0 Å². The van der Waals surface area contributed by atoms with Crippen LogP contribution in [0.5, 0.6) is 0 Å². The lowest BCUT2D eigenvalue weighted by molar-refractivity contribution is 0.865. The number of fused-ring (bicyclic) bond motifs is 1. The molecule has 0 saturated heterocycles. The Hall–Kier alpha value is -2.81. The van der Waals surface area contributed by atoms with Crippen molar-refractivity contribution in [3.05, 3.63) is 35.5 Å². The minimum Gasteiger partial charge on any atom is -0.383 e. The van der Waals surface area contributed by atoms with E-state index in [1.807, 2.05) is 19.1 Å². The Labute approximate surface area is 103 Å². The van der Waals surface area contributed by atoms with Gasteiger partial charge in [-0.2, -0.15) is 15.5 Å². The number of benzene rings is 1. The van der Waals surface area contributed by atoms with E-state index in [4.69, 9.17) is 11.0 Å². The molecule has 0 atom stereocenters. The topological polar surface area (TPSA) is 96.3 Å². The van der Waals surface area contributed by atoms with E-state index < -0.39 is 0 Å². The molecular weight excluding hydrogens is 228 g/mol. The average molecular weight is 238 g/mol. The highest BCUT2D eigenvalue weighted by Crippen LogP contribution is 2.24. The molecule has 3 aromatic rings. The molecular formula is C12H10N6. The summed E-state index contributed by atoms with van der Waals surface area (Å²) in [5, 5.41) is 20.9. The second-order valence-electron chi connectivity index (χ2n) is 3.99. The molecule has 6 heteroatoms. The Morgan fingerprint density at radius 3 is 2.72 bits per heavy atom. The number of nitrogen functional groups attached to an aromatic ring is 1. The fourth-order valence-electron chi connectivity index (χ4n) is 1.96. The number of nitrogens with two attached hydrogens (primary N) is 1. The number of hydrogen-bond acceptors (Lipinski definition) is 4. The predicted molar refractivity (Wildman–Crippen MR) is 67.1 cm³/mol. The third-order valence-electron chi connectivity index (χ3n) is 2.83. The van der Waals surface area contributed by atoms with E-state index in [0.29, 0.717) is 17.0 Å². The van der Waals surface area contributed by atoms with Crippen molar-refractivity contribution in [2.45, 2.75) is 6.92 Å². The SMILES string of the molecule is Cc1nn(-c2ccc(C#N)cc2)c2n[nH]c(N)c12. The number of nitriles is 1. The van der Waals surface area contributed by atoms with Crippen molar-refractivity contribution in [1.29, 1.82) is 5.26 Å². The van der Waals surface area contributed by atoms with Gasteiger partial charge in [0.05, 0.1) is 28.4 Å². The zero-order valence-corrected chi connectivity index (χ0v) is 9.68. The van der Waals surface area contributed by atoms with Crippen LogP contribution in [0.2, 0.25) is 0 Å². The Morgan fingerprint density at radius 2 is 2.06 bits per heavy atom. The molecule has 0 amide bonds. The first-order valence-electron chi connectivity index (χ1n) is 5.40. The minimum absolute atomic E-state index is 0.516. The molecule has 0 saturated carbocycles. The Morgan fingerprint density at radius 1 is 1.33 bits per heavy atom. The van der Waals surface area contributed by atoms with Gasteiger partial charge in [-0.3, -0.25) is 5.10 Å². The molecule has 0 fully saturated rings. The predicted octanol–water partition coefficient (Wildman–Crippen LogP) is 1.51. The van der Waals surface area contributed by atoms with Crippen LogP contribution >= 0.6 is 0 Å². The summed E-state index contributed by atoms with van der Waals surface area (Å²) in [4.78, 5) is 0. The third-order valence-corrected chi connectivity index (χ3v) is 2.83. The maximum Gasteiger partial charge on any atom is 0.186 e. The number of aryl methyl sites for hydroxylation is 1. The molecule has 2 heterocycles. The lowest BCUT2D eigenvalue weighted by Crippen LogP contribution is -1.97. The van der Waals surface area contributed by atoms with E-state index in [1.165, 1.54) is 0 Å². The summed E-state index contributed by atoms with van der Waals surface area (Å²) in [7, 11) is 0. The standard InChI is InChI=1S/C12H10N6/c1-7-10-11(14)15-16-12(10)18(17-7)9-4-2-8(6-13)3-5-9/h2-5H,1H3,(H3,14,15,16). The Balaban J connectivity index is 2.22. The van der Waals surface area contributed by atoms with Gasteiger partial charge in [-0.1, -0.05) is 0 Å². The van der Waals surface area contributed by atoms with Crippen LogP contribution in [0.15, 0.2) is 24.3 Å². The van der Waals surface area contributed by atoms with E-state index in [9.17, 15) is 0 Å². The fourth-order valence-corrected chi connectivity index (χ4v) is 1.96. The number of anilines is 1. The number of hydrogen-bond donors (Lipinski definition) is 2. The molecule has 0 aliphatic heterocycles. The molecule has 0 aliphatic carbocycles. The molecule has 3 rings (SSSR count). The second-order valence-corrected chi connectivity index (χ2v) is 3.99. The first-order chi connectivity index (χ1) is 8.70. The lowest BCUT2D eigenvalue weighted by atomic mass is 10.2. The summed E-state index contributed by atoms with van der Waals surface area (Å²) in [5.41, 5.74) is 8.77. The van der Waals surface area contributed by atoms with Crippen molar-refractivity contribution in [3.63, 3.8) is 0 Å². The summed E-state index contributed by atoms with van der Waals surface area (Å²) in [5.74, 6) is 0.516. The van der Waals surface area contributed by atoms with Crippen molar-refractivity contribution in [2.75, 3.05) is 5.73 Å². The summed E-state index contributed by atoms with van der Waals surface area (Å²) in [6, 6.07) is 9.23. The maximum absolute atomic E-state index is 8.77. The molecule has 1 aromatic carbocycles. The Bertz CT molecular complexity index is 756. The average Bonchev–Trinajstić information content (AvgIpc) is 2.92. The highest BCUT2D eigenvalue weighted by Gasteiger charge is 2.14. The highest BCUT2D eigenvalue weighted by molar-refractivity contribution is 5.89. The number of nitrogens with zero attached hydrogens (tertiary/aromatic N) is 4. The van der Waals surface area contributed by atoms with Gasteiger partial charge in [-0.25, -0.2) is 4.68 Å². The van der Waals surface area contributed by atoms with Gasteiger partial charge in [0.2, 0.25) is 0 Å². The van der Waals surface area contributed by atoms with Gasteiger partial charge in [0.25, 0.3) is 0 Å². The molecule has 0 bridgehead atoms. The second kappa shape index (κ2) is 3.60. The van der Waals surface area contributed by atoms with Gasteiger partial charge >= 0.3 is 0 Å². The third kappa shape index (κ3) is 1.34. The van der Waals surface area contributed by atoms with Crippen molar-refractivity contribution in [2.24, 2.45) is 0 Å². The maximum atomic E-state index is 8.77. The van der Waals surface area contributed by atoms with Gasteiger partial charge in [0.1, 0.15) is 5.82 Å². The number of aromatic nitrogens is 4. The summed E-state index contributed by atoms with van der Waals surface area (Å²) < 4.78 is 1.71. The summed E-state index contributed by atoms with van der Waals surface area (Å²) in [6.45, 7) is 1.88. The van der Waals surface area contributed by atoms with Crippen molar-refractivity contribution >= 4 is 16.9 Å². The monoisotopic (exact) mass is 238 g/mol. The number of nitrogens with one attached hydrogen (secondary N) is 1. The highest BCUT2D eigenvalue weighted by atomic mass is 15.3. The zero-order chi connectivity index (χ0) is 12.7. The normalized spacial score (nSPS) is 10.7. The van der Waals surface area contributed by atoms with Crippen LogP contribution in [0, 0.1) is 18.3 Å². The van der Waals surface area contributed by atoms with Crippen molar-refractivity contribution < 1.29 is 0 Å². The van der Waals surface area contributed by atoms with Gasteiger partial charge in [-0.15, -0.1) is 0 Å². The Kier molecular flexibility index (Phi) is 2.07. The van der Waals surface area contributed by atoms with E-state index in [2.05, 4.69) is 21.4 Å². The summed E-state index contributed by atoms with van der Waals surface area (Å²) in [6.07, 6.45) is 0. The van der Waals surface area contributed by atoms with Crippen molar-refractivity contribution in [3.8, 4) is 11.8 Å². The summed E-state index contributed by atoms with van der Waals surface area (Å²) >= 11 is 0. The van der Waals surface area contributed by atoms with Gasteiger partial charge in [-0.05, 0) is 31.2 Å². The molecule has 6 nitrogen and oxygen atoms in total. The van der Waals surface area contributed by atoms with Crippen LogP contribution in [0.4, 0.5) is 5.82 Å². The largest absolute Gasteiger partial charge is 0.383 e. The van der Waals surface area contributed by atoms with Gasteiger partial charge < -0.3 is 5.73 Å². The first kappa shape index (κ1) is 10.4. The van der Waals surface area contributed by atoms with Crippen LogP contribution in [-0.2, 0) is 0 Å².